The second kappa shape index (κ2) is 7.20. The molecule has 0 bridgehead atoms. The average molecular weight is 372 g/mol. The number of aliphatic hydroxyl groups excluding tert-OH is 1. The van der Waals surface area contributed by atoms with E-state index in [0.717, 1.165) is 12.1 Å². The summed E-state index contributed by atoms with van der Waals surface area (Å²) < 4.78 is 5.70. The SMILES string of the molecule is C/C(=C\Cc1c(O)cc(O)c2c1OCC(c1ccc(O)cc1O)C2=O)CO. The normalized spacial score (nSPS) is 16.7. The zero-order chi connectivity index (χ0) is 19.7. The van der Waals surface area contributed by atoms with E-state index in [1.54, 1.807) is 13.0 Å². The van der Waals surface area contributed by atoms with Crippen molar-refractivity contribution < 1.29 is 35.1 Å². The molecule has 1 heterocycles. The van der Waals surface area contributed by atoms with Gasteiger partial charge in [0.2, 0.25) is 0 Å². The third-order valence-electron chi connectivity index (χ3n) is 4.59. The first kappa shape index (κ1) is 18.6. The van der Waals surface area contributed by atoms with Crippen molar-refractivity contribution in [3.05, 3.63) is 52.6 Å². The molecule has 2 aromatic rings. The maximum Gasteiger partial charge on any atom is 0.181 e. The van der Waals surface area contributed by atoms with Crippen LogP contribution in [0.2, 0.25) is 0 Å². The van der Waals surface area contributed by atoms with E-state index in [1.165, 1.54) is 12.1 Å². The van der Waals surface area contributed by atoms with Gasteiger partial charge in [0.05, 0.1) is 12.5 Å². The number of carbonyl (C=O) groups excluding carboxylic acids is 1. The molecule has 0 amide bonds. The number of ether oxygens (including phenoxy) is 1. The zero-order valence-electron chi connectivity index (χ0n) is 14.6. The molecule has 5 N–H and O–H groups in total. The molecule has 7 nitrogen and oxygen atoms in total. The van der Waals surface area contributed by atoms with Crippen molar-refractivity contribution in [1.82, 2.24) is 0 Å². The second-order valence-corrected chi connectivity index (χ2v) is 6.48. The summed E-state index contributed by atoms with van der Waals surface area (Å²) in [5, 5.41) is 49.0. The van der Waals surface area contributed by atoms with Gasteiger partial charge < -0.3 is 30.3 Å². The molecule has 1 aliphatic rings. The fraction of sp³-hybridized carbons (Fsp3) is 0.250. The molecule has 0 fully saturated rings. The lowest BCUT2D eigenvalue weighted by Gasteiger charge is -2.27. The van der Waals surface area contributed by atoms with Crippen LogP contribution < -0.4 is 4.74 Å². The number of carbonyl (C=O) groups is 1. The highest BCUT2D eigenvalue weighted by molar-refractivity contribution is 6.07. The molecule has 142 valence electrons. The van der Waals surface area contributed by atoms with Crippen LogP contribution in [0.1, 0.15) is 34.3 Å². The van der Waals surface area contributed by atoms with Crippen LogP contribution in [0.15, 0.2) is 35.9 Å². The van der Waals surface area contributed by atoms with Crippen molar-refractivity contribution >= 4 is 5.78 Å². The number of hydrogen-bond acceptors (Lipinski definition) is 7. The Bertz CT molecular complexity index is 930. The molecule has 0 saturated carbocycles. The minimum atomic E-state index is -0.865. The number of fused-ring (bicyclic) bond motifs is 1. The average Bonchev–Trinajstić information content (AvgIpc) is 2.61. The topological polar surface area (TPSA) is 127 Å². The molecule has 27 heavy (non-hydrogen) atoms. The van der Waals surface area contributed by atoms with E-state index < -0.39 is 17.5 Å². The monoisotopic (exact) mass is 372 g/mol. The predicted octanol–water partition coefficient (Wildman–Crippen LogP) is 2.35. The summed E-state index contributed by atoms with van der Waals surface area (Å²) in [6.07, 6.45) is 1.90. The smallest absolute Gasteiger partial charge is 0.181 e. The number of phenolic OH excluding ortho intramolecular Hbond substituents is 4. The molecule has 0 spiro atoms. The highest BCUT2D eigenvalue weighted by atomic mass is 16.5. The van der Waals surface area contributed by atoms with E-state index in [-0.39, 0.29) is 53.8 Å². The number of phenols is 4. The minimum absolute atomic E-state index is 0.0680. The maximum absolute atomic E-state index is 13.0. The Hall–Kier alpha value is -3.19. The molecule has 0 saturated heterocycles. The van der Waals surface area contributed by atoms with Crippen molar-refractivity contribution in [3.8, 4) is 28.7 Å². The summed E-state index contributed by atoms with van der Waals surface area (Å²) in [4.78, 5) is 13.0. The number of ketones is 1. The number of hydrogen-bond donors (Lipinski definition) is 5. The van der Waals surface area contributed by atoms with Gasteiger partial charge in [0.15, 0.2) is 5.78 Å². The quantitative estimate of drug-likeness (QED) is 0.521. The van der Waals surface area contributed by atoms with Gasteiger partial charge in [0.1, 0.15) is 40.9 Å². The summed E-state index contributed by atoms with van der Waals surface area (Å²) in [6, 6.07) is 4.98. The molecule has 0 aromatic heterocycles. The zero-order valence-corrected chi connectivity index (χ0v) is 14.6. The first-order chi connectivity index (χ1) is 12.8. The molecule has 1 unspecified atom stereocenters. The maximum atomic E-state index is 13.0. The summed E-state index contributed by atoms with van der Waals surface area (Å²) >= 11 is 0. The van der Waals surface area contributed by atoms with Crippen LogP contribution in [0.3, 0.4) is 0 Å². The number of rotatable bonds is 4. The third-order valence-corrected chi connectivity index (χ3v) is 4.59. The standard InChI is InChI=1S/C20H20O7/c1-10(8-21)2-4-13-16(24)7-17(25)18-19(26)14(9-27-20(13)18)12-5-3-11(22)6-15(12)23/h2-3,5-7,14,21-25H,4,8-9H2,1H3/b10-2+. The molecule has 0 aliphatic carbocycles. The van der Waals surface area contributed by atoms with Crippen LogP contribution in [0.5, 0.6) is 28.7 Å². The van der Waals surface area contributed by atoms with E-state index in [2.05, 4.69) is 0 Å². The molecule has 0 radical (unpaired) electrons. The summed E-state index contributed by atoms with van der Waals surface area (Å²) in [5.74, 6) is -2.25. The Labute approximate surface area is 155 Å². The Kier molecular flexibility index (Phi) is 4.96. The van der Waals surface area contributed by atoms with E-state index in [1.807, 2.05) is 0 Å². The van der Waals surface area contributed by atoms with Crippen molar-refractivity contribution in [2.45, 2.75) is 19.3 Å². The van der Waals surface area contributed by atoms with E-state index in [0.29, 0.717) is 11.1 Å². The molecule has 3 rings (SSSR count). The van der Waals surface area contributed by atoms with Gasteiger partial charge in [-0.1, -0.05) is 17.7 Å². The van der Waals surface area contributed by atoms with E-state index in [4.69, 9.17) is 9.84 Å². The Morgan fingerprint density at radius 3 is 2.56 bits per heavy atom. The third kappa shape index (κ3) is 3.41. The second-order valence-electron chi connectivity index (χ2n) is 6.48. The van der Waals surface area contributed by atoms with Crippen LogP contribution >= 0.6 is 0 Å². The van der Waals surface area contributed by atoms with Crippen molar-refractivity contribution in [1.29, 1.82) is 0 Å². The molecule has 2 aromatic carbocycles. The van der Waals surface area contributed by atoms with Crippen LogP contribution in [-0.4, -0.2) is 44.5 Å². The van der Waals surface area contributed by atoms with Gasteiger partial charge in [-0.3, -0.25) is 4.79 Å². The van der Waals surface area contributed by atoms with Crippen molar-refractivity contribution in [2.75, 3.05) is 13.2 Å². The van der Waals surface area contributed by atoms with Gasteiger partial charge in [-0.15, -0.1) is 0 Å². The van der Waals surface area contributed by atoms with Crippen LogP contribution in [0, 0.1) is 0 Å². The van der Waals surface area contributed by atoms with Crippen molar-refractivity contribution in [2.24, 2.45) is 0 Å². The molecular weight excluding hydrogens is 352 g/mol. The minimum Gasteiger partial charge on any atom is -0.508 e. The Balaban J connectivity index is 2.05. The Morgan fingerprint density at radius 2 is 1.89 bits per heavy atom. The molecule has 1 atom stereocenters. The summed E-state index contributed by atoms with van der Waals surface area (Å²) in [7, 11) is 0. The van der Waals surface area contributed by atoms with Gasteiger partial charge in [-0.25, -0.2) is 0 Å². The van der Waals surface area contributed by atoms with Gasteiger partial charge in [-0.2, -0.15) is 0 Å². The van der Waals surface area contributed by atoms with Gasteiger partial charge >= 0.3 is 0 Å². The summed E-state index contributed by atoms with van der Waals surface area (Å²) in [6.45, 7) is 1.49. The summed E-state index contributed by atoms with van der Waals surface area (Å²) in [5.41, 5.74) is 1.22. The number of aliphatic hydroxyl groups is 1. The van der Waals surface area contributed by atoms with Crippen LogP contribution in [-0.2, 0) is 6.42 Å². The molecule has 7 heteroatoms. The van der Waals surface area contributed by atoms with Gasteiger partial charge in [-0.05, 0) is 19.4 Å². The van der Waals surface area contributed by atoms with E-state index in [9.17, 15) is 25.2 Å². The largest absolute Gasteiger partial charge is 0.508 e. The van der Waals surface area contributed by atoms with Gasteiger partial charge in [0.25, 0.3) is 0 Å². The van der Waals surface area contributed by atoms with Crippen molar-refractivity contribution in [3.63, 3.8) is 0 Å². The predicted molar refractivity (Wildman–Crippen MR) is 96.7 cm³/mol. The highest BCUT2D eigenvalue weighted by Crippen LogP contribution is 2.45. The Morgan fingerprint density at radius 1 is 1.15 bits per heavy atom. The highest BCUT2D eigenvalue weighted by Gasteiger charge is 2.36. The lowest BCUT2D eigenvalue weighted by molar-refractivity contribution is 0.0888. The lowest BCUT2D eigenvalue weighted by atomic mass is 9.86. The van der Waals surface area contributed by atoms with Crippen LogP contribution in [0.25, 0.3) is 0 Å². The first-order valence-electron chi connectivity index (χ1n) is 8.36. The fourth-order valence-electron chi connectivity index (χ4n) is 3.08. The number of benzene rings is 2. The number of aromatic hydroxyl groups is 4. The lowest BCUT2D eigenvalue weighted by Crippen LogP contribution is -2.27. The van der Waals surface area contributed by atoms with Gasteiger partial charge in [0, 0.05) is 23.3 Å². The first-order valence-corrected chi connectivity index (χ1v) is 8.36. The molecule has 1 aliphatic heterocycles. The molecular formula is C20H20O7. The van der Waals surface area contributed by atoms with E-state index >= 15 is 0 Å². The fourth-order valence-corrected chi connectivity index (χ4v) is 3.08. The number of allylic oxidation sites excluding steroid dienone is 1. The van der Waals surface area contributed by atoms with Crippen LogP contribution in [0.4, 0.5) is 0 Å². The number of Topliss-reactive ketones (excluding diaryl/α,β-unsaturated/α-hetero) is 1.